The van der Waals surface area contributed by atoms with E-state index in [-0.39, 0.29) is 24.0 Å². The van der Waals surface area contributed by atoms with Crippen LogP contribution in [0.4, 0.5) is 10.5 Å². The molecule has 3 aromatic rings. The molecule has 0 spiro atoms. The second-order valence-corrected chi connectivity index (χ2v) is 10.6. The number of benzene rings is 2. The zero-order chi connectivity index (χ0) is 24.4. The number of nitrogens with zero attached hydrogens (tertiary/aromatic N) is 3. The van der Waals surface area contributed by atoms with Gasteiger partial charge in [-0.2, -0.15) is 0 Å². The maximum absolute atomic E-state index is 13.4. The van der Waals surface area contributed by atoms with Crippen LogP contribution in [-0.2, 0) is 11.2 Å². The number of carbonyl (C=O) groups excluding carboxylic acids is 2. The van der Waals surface area contributed by atoms with Gasteiger partial charge in [-0.1, -0.05) is 48.0 Å². The minimum Gasteiger partial charge on any atom is -0.338 e. The summed E-state index contributed by atoms with van der Waals surface area (Å²) in [4.78, 5) is 33.6. The van der Waals surface area contributed by atoms with E-state index < -0.39 is 0 Å². The standard InChI is InChI=1S/C27H29ClN4O2S/c1-19-17-30(13-14-32(19)27(34)29-22-9-5-8-21(28)16-22)25(33)18-31-12-10-24-23(11-15-35-24)26(31)20-6-3-2-4-7-20/h2-9,11,15-16,19,26H,10,12-14,17-18H2,1H3,(H,29,34)/t19-,26+/m0/s1. The molecule has 0 saturated carbocycles. The van der Waals surface area contributed by atoms with Crippen LogP contribution in [0.3, 0.4) is 0 Å². The van der Waals surface area contributed by atoms with Gasteiger partial charge in [0, 0.05) is 47.8 Å². The summed E-state index contributed by atoms with van der Waals surface area (Å²) in [5.74, 6) is 0.117. The molecule has 5 rings (SSSR count). The van der Waals surface area contributed by atoms with E-state index in [0.29, 0.717) is 36.9 Å². The lowest BCUT2D eigenvalue weighted by molar-refractivity contribution is -0.135. The third kappa shape index (κ3) is 5.22. The molecule has 2 aliphatic rings. The fraction of sp³-hybridized carbons (Fsp3) is 0.333. The van der Waals surface area contributed by atoms with Gasteiger partial charge in [0.2, 0.25) is 5.91 Å². The molecule has 2 atom stereocenters. The largest absolute Gasteiger partial charge is 0.338 e. The highest BCUT2D eigenvalue weighted by molar-refractivity contribution is 7.10. The van der Waals surface area contributed by atoms with Gasteiger partial charge >= 0.3 is 6.03 Å². The topological polar surface area (TPSA) is 55.9 Å². The Morgan fingerprint density at radius 2 is 1.89 bits per heavy atom. The Labute approximate surface area is 215 Å². The number of fused-ring (bicyclic) bond motifs is 1. The van der Waals surface area contributed by atoms with Crippen molar-refractivity contribution in [1.29, 1.82) is 0 Å². The van der Waals surface area contributed by atoms with Crippen molar-refractivity contribution in [3.63, 3.8) is 0 Å². The van der Waals surface area contributed by atoms with E-state index >= 15 is 0 Å². The van der Waals surface area contributed by atoms with Crippen LogP contribution in [0.15, 0.2) is 66.0 Å². The minimum absolute atomic E-state index is 0.0818. The van der Waals surface area contributed by atoms with E-state index in [0.717, 1.165) is 13.0 Å². The summed E-state index contributed by atoms with van der Waals surface area (Å²) in [5.41, 5.74) is 3.20. The molecule has 1 saturated heterocycles. The molecule has 1 fully saturated rings. The number of anilines is 1. The van der Waals surface area contributed by atoms with Crippen molar-refractivity contribution < 1.29 is 9.59 Å². The highest BCUT2D eigenvalue weighted by Gasteiger charge is 2.34. The van der Waals surface area contributed by atoms with Crippen molar-refractivity contribution in [2.45, 2.75) is 25.4 Å². The molecule has 3 amide bonds. The second-order valence-electron chi connectivity index (χ2n) is 9.16. The molecule has 0 aliphatic carbocycles. The van der Waals surface area contributed by atoms with Crippen LogP contribution in [0, 0.1) is 0 Å². The summed E-state index contributed by atoms with van der Waals surface area (Å²) in [6.45, 7) is 4.76. The van der Waals surface area contributed by atoms with Crippen molar-refractivity contribution in [3.05, 3.63) is 87.1 Å². The Bertz CT molecular complexity index is 1200. The van der Waals surface area contributed by atoms with Gasteiger partial charge in [-0.3, -0.25) is 9.69 Å². The van der Waals surface area contributed by atoms with Crippen LogP contribution in [0.5, 0.6) is 0 Å². The number of hydrogen-bond donors (Lipinski definition) is 1. The number of thiophene rings is 1. The zero-order valence-electron chi connectivity index (χ0n) is 19.7. The van der Waals surface area contributed by atoms with E-state index in [4.69, 9.17) is 11.6 Å². The molecular weight excluding hydrogens is 480 g/mol. The van der Waals surface area contributed by atoms with Gasteiger partial charge in [0.1, 0.15) is 0 Å². The van der Waals surface area contributed by atoms with E-state index in [1.807, 2.05) is 24.0 Å². The average molecular weight is 509 g/mol. The van der Waals surface area contributed by atoms with Crippen LogP contribution in [0.25, 0.3) is 0 Å². The summed E-state index contributed by atoms with van der Waals surface area (Å²) < 4.78 is 0. The number of hydrogen-bond acceptors (Lipinski definition) is 4. The van der Waals surface area contributed by atoms with Crippen LogP contribution in [-0.4, -0.2) is 65.4 Å². The van der Waals surface area contributed by atoms with Crippen LogP contribution < -0.4 is 5.32 Å². The molecule has 1 N–H and O–H groups in total. The molecule has 1 aromatic heterocycles. The normalized spacial score (nSPS) is 20.4. The summed E-state index contributed by atoms with van der Waals surface area (Å²) in [5, 5.41) is 5.65. The van der Waals surface area contributed by atoms with Gasteiger partial charge in [-0.05, 0) is 54.1 Å². The first kappa shape index (κ1) is 23.9. The van der Waals surface area contributed by atoms with Crippen LogP contribution >= 0.6 is 22.9 Å². The molecule has 0 radical (unpaired) electrons. The predicted octanol–water partition coefficient (Wildman–Crippen LogP) is 5.11. The molecular formula is C27H29ClN4O2S. The van der Waals surface area contributed by atoms with E-state index in [2.05, 4.69) is 45.9 Å². The molecule has 3 heterocycles. The van der Waals surface area contributed by atoms with Crippen molar-refractivity contribution in [2.24, 2.45) is 0 Å². The van der Waals surface area contributed by atoms with Crippen LogP contribution in [0.2, 0.25) is 5.02 Å². The first-order valence-electron chi connectivity index (χ1n) is 12.0. The van der Waals surface area contributed by atoms with Crippen molar-refractivity contribution in [2.75, 3.05) is 38.0 Å². The number of carbonyl (C=O) groups is 2. The van der Waals surface area contributed by atoms with Gasteiger partial charge in [-0.25, -0.2) is 4.79 Å². The Balaban J connectivity index is 1.23. The summed E-state index contributed by atoms with van der Waals surface area (Å²) in [7, 11) is 0. The van der Waals surface area contributed by atoms with Gasteiger partial charge in [0.25, 0.3) is 0 Å². The lowest BCUT2D eigenvalue weighted by Crippen LogP contribution is -2.58. The third-order valence-electron chi connectivity index (χ3n) is 6.84. The number of amides is 3. The Kier molecular flexibility index (Phi) is 7.09. The highest BCUT2D eigenvalue weighted by atomic mass is 35.5. The molecule has 0 unspecified atom stereocenters. The van der Waals surface area contributed by atoms with Crippen molar-refractivity contribution in [1.82, 2.24) is 14.7 Å². The molecule has 2 aromatic carbocycles. The smallest absolute Gasteiger partial charge is 0.322 e. The van der Waals surface area contributed by atoms with Gasteiger partial charge < -0.3 is 15.1 Å². The first-order chi connectivity index (χ1) is 17.0. The molecule has 2 aliphatic heterocycles. The summed E-state index contributed by atoms with van der Waals surface area (Å²) in [6.07, 6.45) is 0.970. The number of urea groups is 1. The predicted molar refractivity (Wildman–Crippen MR) is 141 cm³/mol. The fourth-order valence-corrected chi connectivity index (χ4v) is 6.18. The summed E-state index contributed by atoms with van der Waals surface area (Å²) in [6, 6.07) is 19.6. The quantitative estimate of drug-likeness (QED) is 0.532. The molecule has 0 bridgehead atoms. The van der Waals surface area contributed by atoms with Crippen LogP contribution in [0.1, 0.15) is 29.0 Å². The number of rotatable bonds is 4. The fourth-order valence-electron chi connectivity index (χ4n) is 5.09. The van der Waals surface area contributed by atoms with E-state index in [1.54, 1.807) is 34.4 Å². The Hall–Kier alpha value is -2.87. The molecule has 8 heteroatoms. The highest BCUT2D eigenvalue weighted by Crippen LogP contribution is 2.37. The number of nitrogens with one attached hydrogen (secondary N) is 1. The molecule has 35 heavy (non-hydrogen) atoms. The number of piperazine rings is 1. The monoisotopic (exact) mass is 508 g/mol. The second kappa shape index (κ2) is 10.4. The van der Waals surface area contributed by atoms with Gasteiger partial charge in [0.15, 0.2) is 0 Å². The third-order valence-corrected chi connectivity index (χ3v) is 8.07. The SMILES string of the molecule is C[C@H]1CN(C(=O)CN2CCc3sccc3[C@H]2c2ccccc2)CCN1C(=O)Nc1cccc(Cl)c1. The molecule has 182 valence electrons. The van der Waals surface area contributed by atoms with Crippen molar-refractivity contribution >= 4 is 40.6 Å². The van der Waals surface area contributed by atoms with Crippen molar-refractivity contribution in [3.8, 4) is 0 Å². The zero-order valence-corrected chi connectivity index (χ0v) is 21.3. The Morgan fingerprint density at radius 1 is 1.06 bits per heavy atom. The van der Waals surface area contributed by atoms with Gasteiger partial charge in [-0.15, -0.1) is 11.3 Å². The maximum atomic E-state index is 13.4. The lowest BCUT2D eigenvalue weighted by Gasteiger charge is -2.41. The van der Waals surface area contributed by atoms with E-state index in [1.165, 1.54) is 16.0 Å². The summed E-state index contributed by atoms with van der Waals surface area (Å²) >= 11 is 7.84. The first-order valence-corrected chi connectivity index (χ1v) is 13.2. The van der Waals surface area contributed by atoms with E-state index in [9.17, 15) is 9.59 Å². The number of halogens is 1. The lowest BCUT2D eigenvalue weighted by atomic mass is 9.93. The minimum atomic E-state index is -0.169. The average Bonchev–Trinajstić information content (AvgIpc) is 3.33. The Morgan fingerprint density at radius 3 is 2.66 bits per heavy atom. The van der Waals surface area contributed by atoms with Gasteiger partial charge in [0.05, 0.1) is 12.6 Å². The maximum Gasteiger partial charge on any atom is 0.322 e. The molecule has 6 nitrogen and oxygen atoms in total.